The molecule has 0 aromatic carbocycles. The molecule has 24 heavy (non-hydrogen) atoms. The number of carbonyl (C=O) groups is 1. The van der Waals surface area contributed by atoms with Crippen LogP contribution in [0.2, 0.25) is 0 Å². The molecule has 0 radical (unpaired) electrons. The van der Waals surface area contributed by atoms with Gasteiger partial charge in [-0.1, -0.05) is 5.92 Å². The molecule has 0 aromatic heterocycles. The summed E-state index contributed by atoms with van der Waals surface area (Å²) in [6.45, 7) is 6.73. The smallest absolute Gasteiger partial charge is 0.225 e. The number of rotatable bonds is 4. The van der Waals surface area contributed by atoms with Gasteiger partial charge in [0.25, 0.3) is 0 Å². The van der Waals surface area contributed by atoms with E-state index in [-0.39, 0.29) is 23.5 Å². The van der Waals surface area contributed by atoms with E-state index in [1.54, 1.807) is 0 Å². The Kier molecular flexibility index (Phi) is 5.49. The van der Waals surface area contributed by atoms with E-state index in [9.17, 15) is 9.90 Å². The van der Waals surface area contributed by atoms with Gasteiger partial charge >= 0.3 is 0 Å². The van der Waals surface area contributed by atoms with Crippen LogP contribution in [0.15, 0.2) is 0 Å². The van der Waals surface area contributed by atoms with Gasteiger partial charge < -0.3 is 14.7 Å². The highest BCUT2D eigenvalue weighted by Gasteiger charge is 2.56. The van der Waals surface area contributed by atoms with Crippen molar-refractivity contribution in [2.24, 2.45) is 11.3 Å². The number of hydrogen-bond donors (Lipinski definition) is 1. The minimum atomic E-state index is -0.265. The van der Waals surface area contributed by atoms with Crippen LogP contribution < -0.4 is 0 Å². The number of ether oxygens (including phenoxy) is 1. The minimum absolute atomic E-state index is 0.108. The molecular formula is C19H30N2O3. The van der Waals surface area contributed by atoms with E-state index in [1.807, 2.05) is 11.8 Å². The first kappa shape index (κ1) is 17.7. The molecule has 1 amide bonds. The van der Waals surface area contributed by atoms with E-state index in [0.29, 0.717) is 19.1 Å². The third-order valence-corrected chi connectivity index (χ3v) is 6.37. The van der Waals surface area contributed by atoms with Crippen LogP contribution in [0.1, 0.15) is 39.0 Å². The lowest BCUT2D eigenvalue weighted by atomic mass is 9.58. The average Bonchev–Trinajstić information content (AvgIpc) is 2.62. The SMILES string of the molecule is C#CCN1CCC(C(=O)N2CCC3(CC2)[C@@H](O)C[C@H]3OCC)CC1. The monoisotopic (exact) mass is 334 g/mol. The van der Waals surface area contributed by atoms with Crippen molar-refractivity contribution in [3.8, 4) is 12.3 Å². The largest absolute Gasteiger partial charge is 0.392 e. The van der Waals surface area contributed by atoms with Crippen LogP contribution in [0.3, 0.4) is 0 Å². The lowest BCUT2D eigenvalue weighted by molar-refractivity contribution is -0.210. The topological polar surface area (TPSA) is 53.0 Å². The second kappa shape index (κ2) is 7.43. The highest BCUT2D eigenvalue weighted by atomic mass is 16.5. The number of aliphatic hydroxyl groups is 1. The zero-order chi connectivity index (χ0) is 17.2. The van der Waals surface area contributed by atoms with Crippen LogP contribution in [0.4, 0.5) is 0 Å². The number of piperidine rings is 2. The zero-order valence-corrected chi connectivity index (χ0v) is 14.7. The van der Waals surface area contributed by atoms with Crippen LogP contribution in [0.5, 0.6) is 0 Å². The van der Waals surface area contributed by atoms with Crippen molar-refractivity contribution < 1.29 is 14.6 Å². The zero-order valence-electron chi connectivity index (χ0n) is 14.7. The molecule has 2 saturated heterocycles. The van der Waals surface area contributed by atoms with E-state index >= 15 is 0 Å². The molecule has 2 heterocycles. The summed E-state index contributed by atoms with van der Waals surface area (Å²) in [5, 5.41) is 10.3. The Bertz CT molecular complexity index is 483. The maximum Gasteiger partial charge on any atom is 0.225 e. The summed E-state index contributed by atoms with van der Waals surface area (Å²) in [4.78, 5) is 17.1. The van der Waals surface area contributed by atoms with Gasteiger partial charge in [-0.15, -0.1) is 6.42 Å². The lowest BCUT2D eigenvalue weighted by Gasteiger charge is -2.56. The lowest BCUT2D eigenvalue weighted by Crippen LogP contribution is -2.63. The standard InChI is InChI=1S/C19H30N2O3/c1-3-9-20-10-5-15(6-11-20)18(23)21-12-7-19(8-13-21)16(22)14-17(19)24-4-2/h1,15-17,22H,4-14H2,2H3/t16-,17+/m0/s1. The number of nitrogens with zero attached hydrogens (tertiary/aromatic N) is 2. The van der Waals surface area contributed by atoms with Gasteiger partial charge in [0, 0.05) is 37.5 Å². The number of likely N-dealkylation sites (tertiary alicyclic amines) is 2. The molecule has 0 unspecified atom stereocenters. The molecule has 0 aromatic rings. The Balaban J connectivity index is 1.50. The fraction of sp³-hybridized carbons (Fsp3) is 0.842. The van der Waals surface area contributed by atoms with Gasteiger partial charge in [-0.3, -0.25) is 9.69 Å². The highest BCUT2D eigenvalue weighted by Crippen LogP contribution is 2.51. The summed E-state index contributed by atoms with van der Waals surface area (Å²) in [6, 6.07) is 0. The second-order valence-corrected chi connectivity index (χ2v) is 7.51. The maximum atomic E-state index is 12.8. The van der Waals surface area contributed by atoms with Gasteiger partial charge in [0.15, 0.2) is 0 Å². The molecule has 1 spiro atoms. The first-order chi connectivity index (χ1) is 11.6. The normalized spacial score (nSPS) is 30.8. The Morgan fingerprint density at radius 1 is 1.29 bits per heavy atom. The molecular weight excluding hydrogens is 304 g/mol. The summed E-state index contributed by atoms with van der Waals surface area (Å²) < 4.78 is 5.80. The van der Waals surface area contributed by atoms with E-state index in [1.165, 1.54) is 0 Å². The molecule has 1 saturated carbocycles. The number of terminal acetylenes is 1. The summed E-state index contributed by atoms with van der Waals surface area (Å²) in [7, 11) is 0. The predicted octanol–water partition coefficient (Wildman–Crippen LogP) is 1.11. The number of carbonyl (C=O) groups excluding carboxylic acids is 1. The quantitative estimate of drug-likeness (QED) is 0.783. The van der Waals surface area contributed by atoms with Crippen LogP contribution in [-0.2, 0) is 9.53 Å². The minimum Gasteiger partial charge on any atom is -0.392 e. The molecule has 5 nitrogen and oxygen atoms in total. The molecule has 3 fully saturated rings. The molecule has 2 aliphatic heterocycles. The molecule has 3 aliphatic rings. The molecule has 2 atom stereocenters. The Morgan fingerprint density at radius 3 is 2.50 bits per heavy atom. The molecule has 0 bridgehead atoms. The van der Waals surface area contributed by atoms with Crippen molar-refractivity contribution in [3.63, 3.8) is 0 Å². The summed E-state index contributed by atoms with van der Waals surface area (Å²) in [5.74, 6) is 3.12. The Hall–Kier alpha value is -1.09. The maximum absolute atomic E-state index is 12.8. The van der Waals surface area contributed by atoms with Crippen LogP contribution in [-0.4, -0.2) is 72.4 Å². The van der Waals surface area contributed by atoms with Crippen molar-refractivity contribution in [3.05, 3.63) is 0 Å². The second-order valence-electron chi connectivity index (χ2n) is 7.51. The number of hydrogen-bond acceptors (Lipinski definition) is 4. The summed E-state index contributed by atoms with van der Waals surface area (Å²) in [6.07, 6.45) is 9.55. The van der Waals surface area contributed by atoms with Crippen molar-refractivity contribution in [1.29, 1.82) is 0 Å². The molecule has 5 heteroatoms. The van der Waals surface area contributed by atoms with Crippen molar-refractivity contribution >= 4 is 5.91 Å². The van der Waals surface area contributed by atoms with Crippen LogP contribution >= 0.6 is 0 Å². The first-order valence-corrected chi connectivity index (χ1v) is 9.35. The fourth-order valence-electron chi connectivity index (χ4n) is 4.69. The first-order valence-electron chi connectivity index (χ1n) is 9.35. The van der Waals surface area contributed by atoms with E-state index in [2.05, 4.69) is 10.8 Å². The number of amides is 1. The van der Waals surface area contributed by atoms with E-state index in [0.717, 1.165) is 58.3 Å². The molecule has 3 rings (SSSR count). The van der Waals surface area contributed by atoms with Crippen molar-refractivity contribution in [1.82, 2.24) is 9.80 Å². The Labute approximate surface area is 145 Å². The highest BCUT2D eigenvalue weighted by molar-refractivity contribution is 5.79. The van der Waals surface area contributed by atoms with Crippen LogP contribution in [0, 0.1) is 23.7 Å². The third kappa shape index (κ3) is 3.20. The number of aliphatic hydroxyl groups excluding tert-OH is 1. The van der Waals surface area contributed by atoms with Crippen LogP contribution in [0.25, 0.3) is 0 Å². The molecule has 134 valence electrons. The van der Waals surface area contributed by atoms with Gasteiger partial charge in [-0.2, -0.15) is 0 Å². The van der Waals surface area contributed by atoms with Crippen molar-refractivity contribution in [2.45, 2.75) is 51.2 Å². The fourth-order valence-corrected chi connectivity index (χ4v) is 4.69. The summed E-state index contributed by atoms with van der Waals surface area (Å²) in [5.41, 5.74) is -0.108. The van der Waals surface area contributed by atoms with Gasteiger partial charge in [-0.05, 0) is 45.7 Å². The van der Waals surface area contributed by atoms with Gasteiger partial charge in [0.2, 0.25) is 5.91 Å². The van der Waals surface area contributed by atoms with E-state index in [4.69, 9.17) is 11.2 Å². The Morgan fingerprint density at radius 2 is 1.96 bits per heavy atom. The molecule has 1 N–H and O–H groups in total. The average molecular weight is 334 g/mol. The third-order valence-electron chi connectivity index (χ3n) is 6.37. The van der Waals surface area contributed by atoms with Gasteiger partial charge in [0.05, 0.1) is 18.8 Å². The summed E-state index contributed by atoms with van der Waals surface area (Å²) >= 11 is 0. The molecule has 1 aliphatic carbocycles. The van der Waals surface area contributed by atoms with Gasteiger partial charge in [0.1, 0.15) is 0 Å². The van der Waals surface area contributed by atoms with E-state index < -0.39 is 0 Å². The predicted molar refractivity (Wildman–Crippen MR) is 92.3 cm³/mol. The van der Waals surface area contributed by atoms with Crippen molar-refractivity contribution in [2.75, 3.05) is 39.3 Å². The van der Waals surface area contributed by atoms with Gasteiger partial charge in [-0.25, -0.2) is 0 Å².